The number of hydroxylamine groups is 1. The maximum Gasteiger partial charge on any atom is 0.416 e. The minimum atomic E-state index is -4.61. The number of benzene rings is 1. The summed E-state index contributed by atoms with van der Waals surface area (Å²) in [6, 6.07) is 3.91. The first-order valence-corrected chi connectivity index (χ1v) is 5.21. The summed E-state index contributed by atoms with van der Waals surface area (Å²) in [4.78, 5) is 15.1. The third kappa shape index (κ3) is 5.91. The quantitative estimate of drug-likeness (QED) is 0.686. The SMILES string of the molecule is O=C(Cc1cccc(C(F)(F)F)c1)NOCC(F)(F)F. The van der Waals surface area contributed by atoms with Crippen LogP contribution in [0.4, 0.5) is 26.3 Å². The van der Waals surface area contributed by atoms with Crippen LogP contribution in [-0.4, -0.2) is 18.7 Å². The molecule has 112 valence electrons. The average Bonchev–Trinajstić information content (AvgIpc) is 2.26. The first-order chi connectivity index (χ1) is 9.08. The van der Waals surface area contributed by atoms with Crippen molar-refractivity contribution in [2.24, 2.45) is 0 Å². The Morgan fingerprint density at radius 2 is 1.80 bits per heavy atom. The highest BCUT2D eigenvalue weighted by Gasteiger charge is 2.30. The summed E-state index contributed by atoms with van der Waals surface area (Å²) in [6.45, 7) is -1.68. The number of hydrogen-bond donors (Lipinski definition) is 1. The zero-order valence-electron chi connectivity index (χ0n) is 9.81. The summed E-state index contributed by atoms with van der Waals surface area (Å²) in [6.07, 6.45) is -9.69. The zero-order valence-corrected chi connectivity index (χ0v) is 9.81. The summed E-state index contributed by atoms with van der Waals surface area (Å²) in [5.74, 6) is -0.978. The van der Waals surface area contributed by atoms with E-state index in [2.05, 4.69) is 4.84 Å². The van der Waals surface area contributed by atoms with Gasteiger partial charge in [0.25, 0.3) is 0 Å². The molecule has 1 rings (SSSR count). The van der Waals surface area contributed by atoms with Crippen molar-refractivity contribution in [1.29, 1.82) is 0 Å². The number of halogens is 6. The highest BCUT2D eigenvalue weighted by molar-refractivity contribution is 5.77. The van der Waals surface area contributed by atoms with Crippen LogP contribution in [0.1, 0.15) is 11.1 Å². The van der Waals surface area contributed by atoms with Gasteiger partial charge in [0.1, 0.15) is 0 Å². The van der Waals surface area contributed by atoms with Gasteiger partial charge in [0.2, 0.25) is 5.91 Å². The Labute approximate surface area is 109 Å². The van der Waals surface area contributed by atoms with Crippen molar-refractivity contribution in [1.82, 2.24) is 5.48 Å². The molecule has 0 heterocycles. The maximum atomic E-state index is 12.4. The maximum absolute atomic E-state index is 12.4. The predicted octanol–water partition coefficient (Wildman–Crippen LogP) is 2.86. The fourth-order valence-corrected chi connectivity index (χ4v) is 1.28. The second kappa shape index (κ2) is 6.12. The van der Waals surface area contributed by atoms with Gasteiger partial charge in [-0.25, -0.2) is 5.48 Å². The van der Waals surface area contributed by atoms with Crippen LogP contribution in [0.2, 0.25) is 0 Å². The summed E-state index contributed by atoms with van der Waals surface area (Å²) in [5, 5.41) is 0. The Kier molecular flexibility index (Phi) is 4.98. The molecule has 1 aromatic rings. The van der Waals surface area contributed by atoms with Gasteiger partial charge in [0.15, 0.2) is 6.61 Å². The number of nitrogens with one attached hydrogen (secondary N) is 1. The van der Waals surface area contributed by atoms with Crippen molar-refractivity contribution in [2.45, 2.75) is 18.8 Å². The molecule has 0 atom stereocenters. The summed E-state index contributed by atoms with van der Waals surface area (Å²) < 4.78 is 72.3. The first kappa shape index (κ1) is 16.3. The molecule has 0 aliphatic heterocycles. The van der Waals surface area contributed by atoms with E-state index < -0.39 is 36.9 Å². The van der Waals surface area contributed by atoms with Gasteiger partial charge < -0.3 is 0 Å². The van der Waals surface area contributed by atoms with Gasteiger partial charge in [-0.2, -0.15) is 26.3 Å². The Balaban J connectivity index is 2.54. The average molecular weight is 301 g/mol. The van der Waals surface area contributed by atoms with Crippen LogP contribution in [0.5, 0.6) is 0 Å². The van der Waals surface area contributed by atoms with Crippen molar-refractivity contribution < 1.29 is 36.0 Å². The highest BCUT2D eigenvalue weighted by atomic mass is 19.4. The van der Waals surface area contributed by atoms with E-state index in [0.29, 0.717) is 0 Å². The number of alkyl halides is 6. The third-order valence-electron chi connectivity index (χ3n) is 2.04. The van der Waals surface area contributed by atoms with E-state index in [4.69, 9.17) is 0 Å². The van der Waals surface area contributed by atoms with Crippen LogP contribution in [0, 0.1) is 0 Å². The monoisotopic (exact) mass is 301 g/mol. The summed E-state index contributed by atoms with van der Waals surface area (Å²) in [7, 11) is 0. The van der Waals surface area contributed by atoms with Gasteiger partial charge in [-0.05, 0) is 11.6 Å². The number of amides is 1. The van der Waals surface area contributed by atoms with Crippen molar-refractivity contribution >= 4 is 5.91 Å². The van der Waals surface area contributed by atoms with Gasteiger partial charge >= 0.3 is 12.4 Å². The van der Waals surface area contributed by atoms with E-state index in [1.165, 1.54) is 11.5 Å². The van der Waals surface area contributed by atoms with E-state index in [0.717, 1.165) is 18.2 Å². The highest BCUT2D eigenvalue weighted by Crippen LogP contribution is 2.29. The molecule has 0 saturated heterocycles. The molecule has 0 fully saturated rings. The standard InChI is InChI=1S/C11H9F6NO2/c12-10(13,14)6-20-18-9(19)5-7-2-1-3-8(4-7)11(15,16)17/h1-4H,5-6H2,(H,18,19). The third-order valence-corrected chi connectivity index (χ3v) is 2.04. The Bertz CT molecular complexity index is 469. The fourth-order valence-electron chi connectivity index (χ4n) is 1.28. The normalized spacial score (nSPS) is 12.3. The molecule has 0 aliphatic rings. The predicted molar refractivity (Wildman–Crippen MR) is 55.3 cm³/mol. The first-order valence-electron chi connectivity index (χ1n) is 5.21. The Morgan fingerprint density at radius 3 is 2.35 bits per heavy atom. The van der Waals surface area contributed by atoms with Crippen LogP contribution < -0.4 is 5.48 Å². The minimum absolute atomic E-state index is 0.00735. The lowest BCUT2D eigenvalue weighted by Gasteiger charge is -2.10. The second-order valence-corrected chi connectivity index (χ2v) is 3.80. The largest absolute Gasteiger partial charge is 0.416 e. The number of carbonyl (C=O) groups excluding carboxylic acids is 1. The summed E-state index contributed by atoms with van der Waals surface area (Å²) >= 11 is 0. The molecule has 20 heavy (non-hydrogen) atoms. The Morgan fingerprint density at radius 1 is 1.15 bits per heavy atom. The molecule has 9 heteroatoms. The van der Waals surface area contributed by atoms with E-state index in [9.17, 15) is 31.1 Å². The van der Waals surface area contributed by atoms with Gasteiger partial charge in [0, 0.05) is 0 Å². The molecule has 1 aromatic carbocycles. The van der Waals surface area contributed by atoms with Gasteiger partial charge in [-0.15, -0.1) is 0 Å². The second-order valence-electron chi connectivity index (χ2n) is 3.80. The van der Waals surface area contributed by atoms with Crippen molar-refractivity contribution in [3.63, 3.8) is 0 Å². The number of hydrogen-bond acceptors (Lipinski definition) is 2. The van der Waals surface area contributed by atoms with E-state index in [1.807, 2.05) is 0 Å². The lowest BCUT2D eigenvalue weighted by Crippen LogP contribution is -2.30. The Hall–Kier alpha value is -1.77. The van der Waals surface area contributed by atoms with Crippen LogP contribution in [-0.2, 0) is 22.2 Å². The smallest absolute Gasteiger partial charge is 0.272 e. The van der Waals surface area contributed by atoms with Gasteiger partial charge in [-0.3, -0.25) is 9.63 Å². The molecular formula is C11H9F6NO2. The molecule has 0 aromatic heterocycles. The topological polar surface area (TPSA) is 38.3 Å². The van der Waals surface area contributed by atoms with Crippen LogP contribution in [0.25, 0.3) is 0 Å². The molecule has 0 spiro atoms. The summed E-state index contributed by atoms with van der Waals surface area (Å²) in [5.41, 5.74) is 0.568. The molecule has 1 N–H and O–H groups in total. The molecule has 1 amide bonds. The minimum Gasteiger partial charge on any atom is -0.272 e. The number of rotatable bonds is 4. The van der Waals surface area contributed by atoms with Crippen LogP contribution >= 0.6 is 0 Å². The van der Waals surface area contributed by atoms with Gasteiger partial charge in [-0.1, -0.05) is 18.2 Å². The fraction of sp³-hybridized carbons (Fsp3) is 0.364. The molecule has 0 radical (unpaired) electrons. The lowest BCUT2D eigenvalue weighted by atomic mass is 10.1. The molecule has 0 aliphatic carbocycles. The van der Waals surface area contributed by atoms with Crippen LogP contribution in [0.15, 0.2) is 24.3 Å². The number of carbonyl (C=O) groups is 1. The van der Waals surface area contributed by atoms with E-state index in [1.54, 1.807) is 0 Å². The van der Waals surface area contributed by atoms with E-state index >= 15 is 0 Å². The van der Waals surface area contributed by atoms with Crippen LogP contribution in [0.3, 0.4) is 0 Å². The van der Waals surface area contributed by atoms with E-state index in [-0.39, 0.29) is 5.56 Å². The van der Waals surface area contributed by atoms with Gasteiger partial charge in [0.05, 0.1) is 12.0 Å². The lowest BCUT2D eigenvalue weighted by molar-refractivity contribution is -0.191. The zero-order chi connectivity index (χ0) is 15.4. The molecule has 0 bridgehead atoms. The molecule has 0 saturated carbocycles. The van der Waals surface area contributed by atoms with Crippen molar-refractivity contribution in [3.05, 3.63) is 35.4 Å². The molecule has 0 unspecified atom stereocenters. The van der Waals surface area contributed by atoms with Crippen molar-refractivity contribution in [3.8, 4) is 0 Å². The van der Waals surface area contributed by atoms with Crippen molar-refractivity contribution in [2.75, 3.05) is 6.61 Å². The molecule has 3 nitrogen and oxygen atoms in total. The molecular weight excluding hydrogens is 292 g/mol.